The Morgan fingerprint density at radius 1 is 0.889 bits per heavy atom. The van der Waals surface area contributed by atoms with E-state index in [4.69, 9.17) is 0 Å². The van der Waals surface area contributed by atoms with Crippen molar-refractivity contribution in [2.24, 2.45) is 11.8 Å². The maximum atomic E-state index is 9.71. The van der Waals surface area contributed by atoms with Crippen molar-refractivity contribution in [2.75, 3.05) is 36.0 Å². The van der Waals surface area contributed by atoms with Gasteiger partial charge in [0.05, 0.1) is 0 Å². The van der Waals surface area contributed by atoms with Crippen LogP contribution in [0.25, 0.3) is 0 Å². The molecule has 0 spiro atoms. The normalized spacial score (nSPS) is 20.7. The van der Waals surface area contributed by atoms with Gasteiger partial charge in [0.15, 0.2) is 5.82 Å². The summed E-state index contributed by atoms with van der Waals surface area (Å²) in [5.41, 5.74) is 0. The third-order valence-corrected chi connectivity index (χ3v) is 5.99. The third kappa shape index (κ3) is 4.18. The van der Waals surface area contributed by atoms with Gasteiger partial charge in [-0.1, -0.05) is 0 Å². The summed E-state index contributed by atoms with van der Waals surface area (Å²) < 4.78 is 0. The molecule has 1 N–H and O–H groups in total. The summed E-state index contributed by atoms with van der Waals surface area (Å²) in [6, 6.07) is 3.95. The molecule has 4 heterocycles. The molecule has 0 radical (unpaired) electrons. The average Bonchev–Trinajstić information content (AvgIpc) is 2.75. The second-order valence-electron chi connectivity index (χ2n) is 7.67. The fourth-order valence-corrected chi connectivity index (χ4v) is 4.41. The summed E-state index contributed by atoms with van der Waals surface area (Å²) >= 11 is 0. The lowest BCUT2D eigenvalue weighted by Crippen LogP contribution is -2.41. The molecule has 1 atom stereocenters. The van der Waals surface area contributed by atoms with Crippen LogP contribution in [0.2, 0.25) is 0 Å². The largest absolute Gasteiger partial charge is 0.385 e. The van der Waals surface area contributed by atoms with E-state index in [1.165, 1.54) is 25.7 Å². The number of hydrogen-bond donors (Lipinski definition) is 1. The van der Waals surface area contributed by atoms with Gasteiger partial charge in [0.25, 0.3) is 0 Å². The van der Waals surface area contributed by atoms with Crippen LogP contribution < -0.4 is 9.80 Å². The van der Waals surface area contributed by atoms with Crippen LogP contribution in [0.4, 0.5) is 11.6 Å². The molecule has 2 aliphatic heterocycles. The van der Waals surface area contributed by atoms with Gasteiger partial charge in [0.2, 0.25) is 0 Å². The molecule has 2 aromatic rings. The molecule has 2 saturated heterocycles. The molecule has 144 valence electrons. The highest BCUT2D eigenvalue weighted by molar-refractivity contribution is 5.38. The minimum absolute atomic E-state index is 0.506. The number of rotatable bonds is 4. The number of aromatic nitrogens is 4. The highest BCUT2D eigenvalue weighted by Gasteiger charge is 2.30. The second kappa shape index (κ2) is 8.17. The van der Waals surface area contributed by atoms with Crippen LogP contribution in [-0.2, 0) is 0 Å². The van der Waals surface area contributed by atoms with Gasteiger partial charge in [-0.2, -0.15) is 0 Å². The highest BCUT2D eigenvalue weighted by atomic mass is 16.3. The van der Waals surface area contributed by atoms with E-state index in [1.54, 1.807) is 19.4 Å². The van der Waals surface area contributed by atoms with Gasteiger partial charge in [0, 0.05) is 38.6 Å². The zero-order valence-corrected chi connectivity index (χ0v) is 15.9. The molecular weight excluding hydrogens is 340 g/mol. The number of aliphatic hydroxyl groups is 1. The van der Waals surface area contributed by atoms with Gasteiger partial charge in [-0.15, -0.1) is 0 Å². The Labute approximate surface area is 160 Å². The Kier molecular flexibility index (Phi) is 5.48. The molecule has 27 heavy (non-hydrogen) atoms. The highest BCUT2D eigenvalue weighted by Crippen LogP contribution is 2.34. The molecular formula is C20H28N6O. The monoisotopic (exact) mass is 368 g/mol. The van der Waals surface area contributed by atoms with Crippen molar-refractivity contribution in [3.05, 3.63) is 36.7 Å². The first-order valence-corrected chi connectivity index (χ1v) is 9.97. The van der Waals surface area contributed by atoms with Gasteiger partial charge < -0.3 is 14.9 Å². The van der Waals surface area contributed by atoms with Gasteiger partial charge in [0.1, 0.15) is 24.1 Å². The predicted molar refractivity (Wildman–Crippen MR) is 105 cm³/mol. The molecule has 0 aliphatic carbocycles. The van der Waals surface area contributed by atoms with Crippen molar-refractivity contribution in [1.29, 1.82) is 0 Å². The summed E-state index contributed by atoms with van der Waals surface area (Å²) in [6.07, 6.45) is 9.50. The van der Waals surface area contributed by atoms with Crippen LogP contribution in [0, 0.1) is 11.8 Å². The van der Waals surface area contributed by atoms with Crippen molar-refractivity contribution in [2.45, 2.75) is 38.7 Å². The first-order chi connectivity index (χ1) is 13.2. The number of hydrogen-bond acceptors (Lipinski definition) is 7. The first-order valence-electron chi connectivity index (χ1n) is 9.97. The van der Waals surface area contributed by atoms with E-state index in [1.807, 2.05) is 18.3 Å². The van der Waals surface area contributed by atoms with E-state index in [0.29, 0.717) is 5.82 Å². The lowest BCUT2D eigenvalue weighted by Gasteiger charge is -2.40. The number of aliphatic hydroxyl groups excluding tert-OH is 1. The second-order valence-corrected chi connectivity index (χ2v) is 7.67. The predicted octanol–water partition coefficient (Wildman–Crippen LogP) is 2.45. The topological polar surface area (TPSA) is 78.3 Å². The van der Waals surface area contributed by atoms with E-state index in [2.05, 4.69) is 29.7 Å². The minimum Gasteiger partial charge on any atom is -0.385 e. The summed E-state index contributed by atoms with van der Waals surface area (Å²) in [4.78, 5) is 21.8. The molecule has 4 rings (SSSR count). The molecule has 0 bridgehead atoms. The van der Waals surface area contributed by atoms with Crippen molar-refractivity contribution >= 4 is 11.6 Å². The van der Waals surface area contributed by atoms with Crippen molar-refractivity contribution in [3.63, 3.8) is 0 Å². The van der Waals surface area contributed by atoms with E-state index < -0.39 is 6.10 Å². The quantitative estimate of drug-likeness (QED) is 0.888. The fourth-order valence-electron chi connectivity index (χ4n) is 4.41. The minimum atomic E-state index is -0.623. The van der Waals surface area contributed by atoms with E-state index in [-0.39, 0.29) is 0 Å². The number of nitrogens with zero attached hydrogens (tertiary/aromatic N) is 6. The van der Waals surface area contributed by atoms with E-state index >= 15 is 0 Å². The molecule has 2 fully saturated rings. The Balaban J connectivity index is 1.29. The van der Waals surface area contributed by atoms with Gasteiger partial charge in [-0.3, -0.25) is 0 Å². The molecule has 0 saturated carbocycles. The third-order valence-electron chi connectivity index (χ3n) is 5.99. The van der Waals surface area contributed by atoms with Crippen LogP contribution in [0.1, 0.15) is 44.5 Å². The molecule has 7 heteroatoms. The van der Waals surface area contributed by atoms with Crippen molar-refractivity contribution in [3.8, 4) is 0 Å². The van der Waals surface area contributed by atoms with Gasteiger partial charge in [-0.25, -0.2) is 19.9 Å². The average molecular weight is 368 g/mol. The maximum absolute atomic E-state index is 9.71. The van der Waals surface area contributed by atoms with Crippen LogP contribution in [0.15, 0.2) is 30.9 Å². The van der Waals surface area contributed by atoms with E-state index in [9.17, 15) is 5.11 Å². The lowest BCUT2D eigenvalue weighted by molar-refractivity contribution is 0.188. The smallest absolute Gasteiger partial charge is 0.158 e. The van der Waals surface area contributed by atoms with Crippen LogP contribution in [0.5, 0.6) is 0 Å². The Morgan fingerprint density at radius 3 is 2.04 bits per heavy atom. The van der Waals surface area contributed by atoms with E-state index in [0.717, 1.165) is 49.7 Å². The lowest BCUT2D eigenvalue weighted by atomic mass is 9.79. The van der Waals surface area contributed by atoms with Gasteiger partial charge in [-0.05, 0) is 56.6 Å². The molecule has 7 nitrogen and oxygen atoms in total. The molecule has 0 amide bonds. The summed E-state index contributed by atoms with van der Waals surface area (Å²) in [5, 5.41) is 9.71. The Morgan fingerprint density at radius 2 is 1.48 bits per heavy atom. The Hall–Kier alpha value is -2.28. The zero-order chi connectivity index (χ0) is 18.6. The fraction of sp³-hybridized carbons (Fsp3) is 0.600. The summed E-state index contributed by atoms with van der Waals surface area (Å²) in [5.74, 6) is 4.11. The maximum Gasteiger partial charge on any atom is 0.158 e. The standard InChI is InChI=1S/C20H28N6O/c1-15(27)20-22-9-3-19(24-20)26-12-6-17(7-13-26)16-4-10-25(11-5-16)18-2-8-21-14-23-18/h2-3,8-9,14-17,27H,4-7,10-13H2,1H3/t15-/m1/s1. The Bertz CT molecular complexity index is 724. The molecule has 0 aromatic carbocycles. The molecule has 2 aliphatic rings. The SMILES string of the molecule is C[C@@H](O)c1nccc(N2CCC(C3CCN(c4ccncn4)CC3)CC2)n1. The molecule has 0 unspecified atom stereocenters. The van der Waals surface area contributed by atoms with Crippen LogP contribution >= 0.6 is 0 Å². The first kappa shape index (κ1) is 18.1. The summed E-state index contributed by atoms with van der Waals surface area (Å²) in [6.45, 7) is 5.95. The van der Waals surface area contributed by atoms with Crippen molar-refractivity contribution < 1.29 is 5.11 Å². The zero-order valence-electron chi connectivity index (χ0n) is 15.9. The number of anilines is 2. The molecule has 2 aromatic heterocycles. The summed E-state index contributed by atoms with van der Waals surface area (Å²) in [7, 11) is 0. The van der Waals surface area contributed by atoms with Crippen LogP contribution in [0.3, 0.4) is 0 Å². The van der Waals surface area contributed by atoms with Gasteiger partial charge >= 0.3 is 0 Å². The number of piperidine rings is 2. The van der Waals surface area contributed by atoms with Crippen LogP contribution in [-0.4, -0.2) is 51.2 Å². The van der Waals surface area contributed by atoms with Crippen molar-refractivity contribution in [1.82, 2.24) is 19.9 Å².